The Balaban J connectivity index is 2.14. The van der Waals surface area contributed by atoms with Gasteiger partial charge in [0.15, 0.2) is 0 Å². The largest absolute Gasteiger partial charge is 0.389 e. The van der Waals surface area contributed by atoms with Crippen LogP contribution >= 0.6 is 23.8 Å². The summed E-state index contributed by atoms with van der Waals surface area (Å²) in [7, 11) is 0. The average molecular weight is 314 g/mol. The SMILES string of the molecule is NC(=S)c1cc2ccccc2nc1Nc1ccccc1Cl. The summed E-state index contributed by atoms with van der Waals surface area (Å²) in [4.78, 5) is 4.89. The van der Waals surface area contributed by atoms with Crippen LogP contribution in [0.5, 0.6) is 0 Å². The van der Waals surface area contributed by atoms with Crippen LogP contribution < -0.4 is 11.1 Å². The van der Waals surface area contributed by atoms with Gasteiger partial charge in [0.25, 0.3) is 0 Å². The molecule has 1 aromatic heterocycles. The van der Waals surface area contributed by atoms with Crippen LogP contribution in [0.15, 0.2) is 54.6 Å². The van der Waals surface area contributed by atoms with E-state index in [0.29, 0.717) is 21.4 Å². The van der Waals surface area contributed by atoms with Crippen molar-refractivity contribution in [2.75, 3.05) is 5.32 Å². The summed E-state index contributed by atoms with van der Waals surface area (Å²) in [5.41, 5.74) is 8.14. The Labute approximate surface area is 132 Å². The number of halogens is 1. The Kier molecular flexibility index (Phi) is 3.73. The lowest BCUT2D eigenvalue weighted by molar-refractivity contribution is 1.36. The molecule has 3 nitrogen and oxygen atoms in total. The number of hydrogen-bond donors (Lipinski definition) is 2. The zero-order valence-electron chi connectivity index (χ0n) is 11.0. The summed E-state index contributed by atoms with van der Waals surface area (Å²) in [6.45, 7) is 0. The zero-order valence-corrected chi connectivity index (χ0v) is 12.6. The molecule has 5 heteroatoms. The van der Waals surface area contributed by atoms with Gasteiger partial charge in [-0.05, 0) is 24.3 Å². The standard InChI is InChI=1S/C16H12ClN3S/c17-12-6-2-4-8-14(12)20-16-11(15(18)21)9-10-5-1-3-7-13(10)19-16/h1-9H,(H2,18,21)(H,19,20). The first-order valence-electron chi connectivity index (χ1n) is 6.36. The molecule has 1 heterocycles. The van der Waals surface area contributed by atoms with Crippen LogP contribution in [-0.2, 0) is 0 Å². The molecular weight excluding hydrogens is 302 g/mol. The lowest BCUT2D eigenvalue weighted by Crippen LogP contribution is -2.13. The molecule has 0 bridgehead atoms. The van der Waals surface area contributed by atoms with Crippen molar-refractivity contribution in [3.63, 3.8) is 0 Å². The highest BCUT2D eigenvalue weighted by Gasteiger charge is 2.10. The van der Waals surface area contributed by atoms with Crippen LogP contribution in [0.2, 0.25) is 5.02 Å². The predicted molar refractivity (Wildman–Crippen MR) is 92.4 cm³/mol. The summed E-state index contributed by atoms with van der Waals surface area (Å²) in [5.74, 6) is 0.606. The van der Waals surface area contributed by atoms with E-state index >= 15 is 0 Å². The molecular formula is C16H12ClN3S. The van der Waals surface area contributed by atoms with Crippen LogP contribution in [0.3, 0.4) is 0 Å². The third kappa shape index (κ3) is 2.82. The quantitative estimate of drug-likeness (QED) is 0.709. The van der Waals surface area contributed by atoms with E-state index in [2.05, 4.69) is 10.3 Å². The molecule has 0 saturated heterocycles. The summed E-state index contributed by atoms with van der Waals surface area (Å²) >= 11 is 11.3. The first-order valence-corrected chi connectivity index (χ1v) is 7.15. The molecule has 0 unspecified atom stereocenters. The number of aromatic nitrogens is 1. The Morgan fingerprint density at radius 2 is 1.81 bits per heavy atom. The van der Waals surface area contributed by atoms with Crippen molar-refractivity contribution >= 4 is 51.2 Å². The monoisotopic (exact) mass is 313 g/mol. The van der Waals surface area contributed by atoms with Crippen molar-refractivity contribution in [3.05, 3.63) is 65.2 Å². The second-order valence-corrected chi connectivity index (χ2v) is 5.39. The number of nitrogens with one attached hydrogen (secondary N) is 1. The molecule has 0 spiro atoms. The number of thiocarbonyl (C=S) groups is 1. The van der Waals surface area contributed by atoms with E-state index < -0.39 is 0 Å². The average Bonchev–Trinajstić information content (AvgIpc) is 2.48. The van der Waals surface area contributed by atoms with Crippen molar-refractivity contribution in [3.8, 4) is 0 Å². The molecule has 0 aliphatic rings. The Morgan fingerprint density at radius 1 is 1.10 bits per heavy atom. The number of rotatable bonds is 3. The van der Waals surface area contributed by atoms with E-state index in [1.54, 1.807) is 0 Å². The fraction of sp³-hybridized carbons (Fsp3) is 0. The van der Waals surface area contributed by atoms with Gasteiger partial charge < -0.3 is 11.1 Å². The van der Waals surface area contributed by atoms with Crippen molar-refractivity contribution in [1.82, 2.24) is 4.98 Å². The maximum Gasteiger partial charge on any atom is 0.141 e. The second-order valence-electron chi connectivity index (χ2n) is 4.55. The number of fused-ring (bicyclic) bond motifs is 1. The fourth-order valence-electron chi connectivity index (χ4n) is 2.09. The molecule has 2 aromatic carbocycles. The number of pyridine rings is 1. The number of anilines is 2. The van der Waals surface area contributed by atoms with Gasteiger partial charge in [0.2, 0.25) is 0 Å². The lowest BCUT2D eigenvalue weighted by atomic mass is 10.1. The Hall–Kier alpha value is -2.17. The van der Waals surface area contributed by atoms with E-state index in [1.165, 1.54) is 0 Å². The molecule has 0 aliphatic heterocycles. The van der Waals surface area contributed by atoms with E-state index in [1.807, 2.05) is 54.6 Å². The van der Waals surface area contributed by atoms with Crippen LogP contribution in [0.4, 0.5) is 11.5 Å². The molecule has 104 valence electrons. The van der Waals surface area contributed by atoms with Gasteiger partial charge in [0, 0.05) is 5.39 Å². The van der Waals surface area contributed by atoms with Crippen LogP contribution in [0, 0.1) is 0 Å². The third-order valence-electron chi connectivity index (χ3n) is 3.12. The van der Waals surface area contributed by atoms with E-state index in [0.717, 1.165) is 16.6 Å². The van der Waals surface area contributed by atoms with Crippen LogP contribution in [0.25, 0.3) is 10.9 Å². The smallest absolute Gasteiger partial charge is 0.141 e. The van der Waals surface area contributed by atoms with Crippen LogP contribution in [-0.4, -0.2) is 9.97 Å². The van der Waals surface area contributed by atoms with Gasteiger partial charge in [-0.25, -0.2) is 4.98 Å². The zero-order chi connectivity index (χ0) is 14.8. The van der Waals surface area contributed by atoms with Gasteiger partial charge in [0.05, 0.1) is 21.8 Å². The van der Waals surface area contributed by atoms with Crippen molar-refractivity contribution in [2.24, 2.45) is 5.73 Å². The molecule has 0 radical (unpaired) electrons. The molecule has 3 aromatic rings. The first kappa shape index (κ1) is 13.8. The van der Waals surface area contributed by atoms with E-state index in [9.17, 15) is 0 Å². The van der Waals surface area contributed by atoms with Gasteiger partial charge in [0.1, 0.15) is 10.8 Å². The summed E-state index contributed by atoms with van der Waals surface area (Å²) in [6, 6.07) is 17.2. The highest BCUT2D eigenvalue weighted by molar-refractivity contribution is 7.80. The topological polar surface area (TPSA) is 50.9 Å². The summed E-state index contributed by atoms with van der Waals surface area (Å²) in [6.07, 6.45) is 0. The molecule has 0 fully saturated rings. The maximum atomic E-state index is 6.17. The molecule has 0 atom stereocenters. The molecule has 0 aliphatic carbocycles. The number of nitrogens with zero attached hydrogens (tertiary/aromatic N) is 1. The van der Waals surface area contributed by atoms with Crippen molar-refractivity contribution < 1.29 is 0 Å². The minimum Gasteiger partial charge on any atom is -0.389 e. The Bertz CT molecular complexity index is 833. The molecule has 0 saturated carbocycles. The lowest BCUT2D eigenvalue weighted by Gasteiger charge is -2.12. The van der Waals surface area contributed by atoms with Gasteiger partial charge >= 0.3 is 0 Å². The number of hydrogen-bond acceptors (Lipinski definition) is 3. The number of nitrogens with two attached hydrogens (primary N) is 1. The number of benzene rings is 2. The van der Waals surface area contributed by atoms with Crippen LogP contribution in [0.1, 0.15) is 5.56 Å². The minimum atomic E-state index is 0.294. The molecule has 21 heavy (non-hydrogen) atoms. The maximum absolute atomic E-state index is 6.17. The number of para-hydroxylation sites is 2. The van der Waals surface area contributed by atoms with Crippen molar-refractivity contribution in [2.45, 2.75) is 0 Å². The molecule has 0 amide bonds. The summed E-state index contributed by atoms with van der Waals surface area (Å²) < 4.78 is 0. The third-order valence-corrected chi connectivity index (χ3v) is 3.67. The first-order chi connectivity index (χ1) is 10.1. The van der Waals surface area contributed by atoms with E-state index in [-0.39, 0.29) is 0 Å². The second kappa shape index (κ2) is 5.68. The normalized spacial score (nSPS) is 10.5. The van der Waals surface area contributed by atoms with Gasteiger partial charge in [-0.2, -0.15) is 0 Å². The predicted octanol–water partition coefficient (Wildman–Crippen LogP) is 4.27. The van der Waals surface area contributed by atoms with Gasteiger partial charge in [-0.15, -0.1) is 0 Å². The van der Waals surface area contributed by atoms with Gasteiger partial charge in [-0.1, -0.05) is 54.2 Å². The highest BCUT2D eigenvalue weighted by atomic mass is 35.5. The minimum absolute atomic E-state index is 0.294. The summed E-state index contributed by atoms with van der Waals surface area (Å²) in [5, 5.41) is 4.81. The molecule has 3 rings (SSSR count). The Morgan fingerprint density at radius 3 is 2.57 bits per heavy atom. The fourth-order valence-corrected chi connectivity index (χ4v) is 2.43. The van der Waals surface area contributed by atoms with E-state index in [4.69, 9.17) is 29.6 Å². The van der Waals surface area contributed by atoms with Gasteiger partial charge in [-0.3, -0.25) is 0 Å². The molecule has 3 N–H and O–H groups in total. The van der Waals surface area contributed by atoms with Crippen molar-refractivity contribution in [1.29, 1.82) is 0 Å². The highest BCUT2D eigenvalue weighted by Crippen LogP contribution is 2.27.